The van der Waals surface area contributed by atoms with E-state index in [2.05, 4.69) is 10.6 Å². The molecule has 0 saturated carbocycles. The number of amides is 2. The van der Waals surface area contributed by atoms with Crippen molar-refractivity contribution in [3.63, 3.8) is 0 Å². The lowest BCUT2D eigenvalue weighted by molar-refractivity contribution is -0.138. The predicted octanol–water partition coefficient (Wildman–Crippen LogP) is 2.17. The molecule has 3 N–H and O–H groups in total. The zero-order valence-corrected chi connectivity index (χ0v) is 12.1. The molecule has 5 heteroatoms. The molecule has 0 heterocycles. The summed E-state index contributed by atoms with van der Waals surface area (Å²) in [5.74, 6) is -0.937. The van der Waals surface area contributed by atoms with Gasteiger partial charge in [0.25, 0.3) is 0 Å². The van der Waals surface area contributed by atoms with Gasteiger partial charge in [-0.15, -0.1) is 0 Å². The number of hydrogen-bond donors (Lipinski definition) is 3. The molecule has 110 valence electrons. The summed E-state index contributed by atoms with van der Waals surface area (Å²) in [5.41, 5.74) is 0.368. The fourth-order valence-electron chi connectivity index (χ4n) is 2.01. The second kappa shape index (κ2) is 6.93. The largest absolute Gasteiger partial charge is 0.481 e. The summed E-state index contributed by atoms with van der Waals surface area (Å²) >= 11 is 0. The van der Waals surface area contributed by atoms with Crippen LogP contribution in [0.3, 0.4) is 0 Å². The van der Waals surface area contributed by atoms with Gasteiger partial charge in [-0.05, 0) is 32.8 Å². The maximum atomic E-state index is 11.8. The van der Waals surface area contributed by atoms with Crippen LogP contribution in [0.4, 0.5) is 4.79 Å². The minimum atomic E-state index is -0.937. The molecule has 0 spiro atoms. The Hall–Kier alpha value is -2.04. The summed E-state index contributed by atoms with van der Waals surface area (Å²) in [4.78, 5) is 22.5. The summed E-state index contributed by atoms with van der Waals surface area (Å²) in [6.07, 6.45) is 0.612. The lowest BCUT2D eigenvalue weighted by Gasteiger charge is -2.25. The molecule has 1 atom stereocenters. The first-order valence-corrected chi connectivity index (χ1v) is 6.63. The molecule has 0 aliphatic heterocycles. The second-order valence-corrected chi connectivity index (χ2v) is 5.64. The minimum absolute atomic E-state index is 0.0296. The van der Waals surface area contributed by atoms with Gasteiger partial charge in [0.05, 0.1) is 6.42 Å². The second-order valence-electron chi connectivity index (χ2n) is 5.64. The number of benzene rings is 1. The Kier molecular flexibility index (Phi) is 5.55. The highest BCUT2D eigenvalue weighted by atomic mass is 16.4. The van der Waals surface area contributed by atoms with E-state index < -0.39 is 11.5 Å². The molecule has 1 aromatic carbocycles. The molecule has 20 heavy (non-hydrogen) atoms. The van der Waals surface area contributed by atoms with Crippen LogP contribution < -0.4 is 10.6 Å². The standard InChI is InChI=1S/C15H22N2O3/c1-11(9-12-7-5-4-6-8-12)16-14(20)17-15(2,3)10-13(18)19/h4-8,11H,9-10H2,1-3H3,(H,18,19)(H2,16,17,20). The number of carboxylic acids is 1. The van der Waals surface area contributed by atoms with Crippen LogP contribution in [0, 0.1) is 0 Å². The van der Waals surface area contributed by atoms with E-state index >= 15 is 0 Å². The third kappa shape index (κ3) is 6.22. The molecule has 0 saturated heterocycles. The normalized spacial score (nSPS) is 12.6. The Balaban J connectivity index is 2.44. The molecule has 0 fully saturated rings. The molecule has 1 unspecified atom stereocenters. The van der Waals surface area contributed by atoms with Gasteiger partial charge in [0.15, 0.2) is 0 Å². The van der Waals surface area contributed by atoms with E-state index in [4.69, 9.17) is 5.11 Å². The first kappa shape index (κ1) is 16.0. The Morgan fingerprint density at radius 2 is 1.85 bits per heavy atom. The Morgan fingerprint density at radius 3 is 2.40 bits per heavy atom. The Labute approximate surface area is 119 Å². The number of hydrogen-bond acceptors (Lipinski definition) is 2. The van der Waals surface area contributed by atoms with Gasteiger partial charge < -0.3 is 15.7 Å². The molecular weight excluding hydrogens is 256 g/mol. The van der Waals surface area contributed by atoms with Gasteiger partial charge in [0.2, 0.25) is 0 Å². The van der Waals surface area contributed by atoms with Crippen LogP contribution in [0.5, 0.6) is 0 Å². The van der Waals surface area contributed by atoms with Gasteiger partial charge in [-0.2, -0.15) is 0 Å². The summed E-state index contributed by atoms with van der Waals surface area (Å²) < 4.78 is 0. The minimum Gasteiger partial charge on any atom is -0.481 e. The van der Waals surface area contributed by atoms with Crippen molar-refractivity contribution < 1.29 is 14.7 Å². The van der Waals surface area contributed by atoms with Crippen LogP contribution in [-0.4, -0.2) is 28.7 Å². The highest BCUT2D eigenvalue weighted by Crippen LogP contribution is 2.08. The molecule has 0 radical (unpaired) electrons. The molecule has 1 aromatic rings. The van der Waals surface area contributed by atoms with Crippen molar-refractivity contribution in [2.75, 3.05) is 0 Å². The predicted molar refractivity (Wildman–Crippen MR) is 77.6 cm³/mol. The van der Waals surface area contributed by atoms with E-state index in [1.54, 1.807) is 13.8 Å². The van der Waals surface area contributed by atoms with E-state index in [-0.39, 0.29) is 18.5 Å². The summed E-state index contributed by atoms with van der Waals surface area (Å²) in [6, 6.07) is 9.49. The monoisotopic (exact) mass is 278 g/mol. The lowest BCUT2D eigenvalue weighted by Crippen LogP contribution is -2.51. The van der Waals surface area contributed by atoms with Crippen molar-refractivity contribution in [1.29, 1.82) is 0 Å². The van der Waals surface area contributed by atoms with E-state index in [1.807, 2.05) is 37.3 Å². The summed E-state index contributed by atoms with van der Waals surface area (Å²) in [6.45, 7) is 5.28. The third-order valence-electron chi connectivity index (χ3n) is 2.81. The van der Waals surface area contributed by atoms with Gasteiger partial charge in [-0.25, -0.2) is 4.79 Å². The number of carbonyl (C=O) groups is 2. The van der Waals surface area contributed by atoms with E-state index in [1.165, 1.54) is 0 Å². The van der Waals surface area contributed by atoms with E-state index in [0.717, 1.165) is 12.0 Å². The smallest absolute Gasteiger partial charge is 0.315 e. The van der Waals surface area contributed by atoms with Crippen LogP contribution in [0.15, 0.2) is 30.3 Å². The zero-order chi connectivity index (χ0) is 15.2. The molecule has 0 aliphatic carbocycles. The van der Waals surface area contributed by atoms with Crippen molar-refractivity contribution in [1.82, 2.24) is 10.6 Å². The molecule has 0 bridgehead atoms. The van der Waals surface area contributed by atoms with Crippen LogP contribution in [0.1, 0.15) is 32.8 Å². The van der Waals surface area contributed by atoms with Gasteiger partial charge in [0.1, 0.15) is 0 Å². The van der Waals surface area contributed by atoms with Crippen molar-refractivity contribution >= 4 is 12.0 Å². The van der Waals surface area contributed by atoms with Crippen LogP contribution >= 0.6 is 0 Å². The quantitative estimate of drug-likeness (QED) is 0.746. The van der Waals surface area contributed by atoms with Crippen LogP contribution in [0.2, 0.25) is 0 Å². The van der Waals surface area contributed by atoms with Crippen molar-refractivity contribution in [2.45, 2.75) is 45.2 Å². The van der Waals surface area contributed by atoms with E-state index in [9.17, 15) is 9.59 Å². The Morgan fingerprint density at radius 1 is 1.25 bits per heavy atom. The first-order chi connectivity index (χ1) is 9.28. The van der Waals surface area contributed by atoms with Gasteiger partial charge >= 0.3 is 12.0 Å². The zero-order valence-electron chi connectivity index (χ0n) is 12.1. The summed E-state index contributed by atoms with van der Waals surface area (Å²) in [5, 5.41) is 14.3. The molecule has 0 aromatic heterocycles. The first-order valence-electron chi connectivity index (χ1n) is 6.63. The Bertz CT molecular complexity index is 457. The topological polar surface area (TPSA) is 78.4 Å². The number of urea groups is 1. The van der Waals surface area contributed by atoms with Gasteiger partial charge in [-0.1, -0.05) is 30.3 Å². The number of nitrogens with one attached hydrogen (secondary N) is 2. The molecule has 2 amide bonds. The maximum absolute atomic E-state index is 11.8. The van der Waals surface area contributed by atoms with Crippen molar-refractivity contribution in [3.8, 4) is 0 Å². The van der Waals surface area contributed by atoms with Gasteiger partial charge in [0, 0.05) is 11.6 Å². The highest BCUT2D eigenvalue weighted by molar-refractivity contribution is 5.76. The number of rotatable bonds is 6. The van der Waals surface area contributed by atoms with Gasteiger partial charge in [-0.3, -0.25) is 4.79 Å². The average molecular weight is 278 g/mol. The van der Waals surface area contributed by atoms with Crippen molar-refractivity contribution in [2.24, 2.45) is 0 Å². The average Bonchev–Trinajstić information content (AvgIpc) is 2.26. The molecule has 5 nitrogen and oxygen atoms in total. The SMILES string of the molecule is CC(Cc1ccccc1)NC(=O)NC(C)(C)CC(=O)O. The maximum Gasteiger partial charge on any atom is 0.315 e. The molecule has 0 aliphatic rings. The number of carboxylic acid groups (broad SMARTS) is 1. The fourth-order valence-corrected chi connectivity index (χ4v) is 2.01. The van der Waals surface area contributed by atoms with Crippen molar-refractivity contribution in [3.05, 3.63) is 35.9 Å². The fraction of sp³-hybridized carbons (Fsp3) is 0.467. The molecule has 1 rings (SSSR count). The third-order valence-corrected chi connectivity index (χ3v) is 2.81. The summed E-state index contributed by atoms with van der Waals surface area (Å²) in [7, 11) is 0. The lowest BCUT2D eigenvalue weighted by atomic mass is 10.0. The van der Waals surface area contributed by atoms with E-state index in [0.29, 0.717) is 0 Å². The number of aliphatic carboxylic acids is 1. The molecular formula is C15H22N2O3. The van der Waals surface area contributed by atoms with Crippen LogP contribution in [0.25, 0.3) is 0 Å². The van der Waals surface area contributed by atoms with Crippen LogP contribution in [-0.2, 0) is 11.2 Å². The number of carbonyl (C=O) groups excluding carboxylic acids is 1. The highest BCUT2D eigenvalue weighted by Gasteiger charge is 2.24.